The Morgan fingerprint density at radius 2 is 1.87 bits per heavy atom. The van der Waals surface area contributed by atoms with E-state index in [0.29, 0.717) is 6.42 Å². The summed E-state index contributed by atoms with van der Waals surface area (Å²) in [4.78, 5) is 12.5. The van der Waals surface area contributed by atoms with Crippen LogP contribution in [0.15, 0.2) is 48.5 Å². The summed E-state index contributed by atoms with van der Waals surface area (Å²) in [7, 11) is 0. The van der Waals surface area contributed by atoms with E-state index in [9.17, 15) is 4.79 Å². The van der Waals surface area contributed by atoms with Gasteiger partial charge in [-0.1, -0.05) is 30.3 Å². The Morgan fingerprint density at radius 1 is 1.13 bits per heavy atom. The molecule has 1 unspecified atom stereocenters. The highest BCUT2D eigenvalue weighted by atomic mass is 16.1. The number of para-hydroxylation sites is 2. The molecule has 0 fully saturated rings. The number of nitrogens with zero attached hydrogens (tertiary/aromatic N) is 1. The minimum absolute atomic E-state index is 0.0371. The Balaban J connectivity index is 1.88. The average Bonchev–Trinajstić information content (AvgIpc) is 2.86. The third-order valence-electron chi connectivity index (χ3n) is 4.89. The van der Waals surface area contributed by atoms with Crippen molar-refractivity contribution in [3.8, 4) is 0 Å². The number of benzene rings is 2. The van der Waals surface area contributed by atoms with E-state index in [2.05, 4.69) is 48.0 Å². The van der Waals surface area contributed by atoms with Crippen LogP contribution in [0.4, 0.5) is 5.69 Å². The van der Waals surface area contributed by atoms with Crippen LogP contribution in [-0.2, 0) is 6.54 Å². The van der Waals surface area contributed by atoms with Gasteiger partial charge in [0.1, 0.15) is 0 Å². The first kappa shape index (κ1) is 14.1. The molecule has 0 spiro atoms. The molecule has 3 nitrogen and oxygen atoms in total. The first-order valence-electron chi connectivity index (χ1n) is 8.17. The van der Waals surface area contributed by atoms with Gasteiger partial charge in [0.2, 0.25) is 0 Å². The summed E-state index contributed by atoms with van der Waals surface area (Å²) >= 11 is 0. The zero-order valence-corrected chi connectivity index (χ0v) is 13.5. The second-order valence-electron chi connectivity index (χ2n) is 6.13. The largest absolute Gasteiger partial charge is 0.377 e. The number of carbonyl (C=O) groups excluding carboxylic acids is 1. The maximum absolute atomic E-state index is 12.5. The van der Waals surface area contributed by atoms with E-state index < -0.39 is 0 Å². The number of hydrogen-bond donors (Lipinski definition) is 1. The first-order chi connectivity index (χ1) is 11.2. The van der Waals surface area contributed by atoms with Gasteiger partial charge in [-0.3, -0.25) is 4.79 Å². The lowest BCUT2D eigenvalue weighted by atomic mass is 9.91. The van der Waals surface area contributed by atoms with Crippen molar-refractivity contribution in [1.82, 2.24) is 4.57 Å². The van der Waals surface area contributed by atoms with E-state index in [0.717, 1.165) is 17.8 Å². The topological polar surface area (TPSA) is 34.0 Å². The van der Waals surface area contributed by atoms with E-state index in [4.69, 9.17) is 0 Å². The predicted octanol–water partition coefficient (Wildman–Crippen LogP) is 4.71. The summed E-state index contributed by atoms with van der Waals surface area (Å²) in [5, 5.41) is 4.83. The number of Topliss-reactive ketones (excluding diaryl/α,β-unsaturated/α-hetero) is 1. The van der Waals surface area contributed by atoms with Crippen LogP contribution in [0.2, 0.25) is 0 Å². The van der Waals surface area contributed by atoms with Crippen molar-refractivity contribution in [1.29, 1.82) is 0 Å². The van der Waals surface area contributed by atoms with Crippen molar-refractivity contribution >= 4 is 22.4 Å². The van der Waals surface area contributed by atoms with Gasteiger partial charge in [-0.25, -0.2) is 0 Å². The predicted molar refractivity (Wildman–Crippen MR) is 94.1 cm³/mol. The summed E-state index contributed by atoms with van der Waals surface area (Å²) in [5.74, 6) is 0.220. The van der Waals surface area contributed by atoms with Crippen LogP contribution in [-0.4, -0.2) is 10.4 Å². The Hall–Kier alpha value is -2.55. The molecule has 23 heavy (non-hydrogen) atoms. The fraction of sp³-hybridized carbons (Fsp3) is 0.250. The maximum Gasteiger partial charge on any atom is 0.167 e. The number of hydrogen-bond acceptors (Lipinski definition) is 2. The van der Waals surface area contributed by atoms with E-state index in [1.807, 2.05) is 24.3 Å². The number of ketones is 1. The Kier molecular flexibility index (Phi) is 3.22. The second kappa shape index (κ2) is 5.27. The molecular formula is C20H20N2O. The van der Waals surface area contributed by atoms with Gasteiger partial charge < -0.3 is 9.88 Å². The molecule has 0 amide bonds. The molecule has 4 rings (SSSR count). The second-order valence-corrected chi connectivity index (χ2v) is 6.13. The fourth-order valence-electron chi connectivity index (χ4n) is 3.87. The van der Waals surface area contributed by atoms with Gasteiger partial charge in [-0.15, -0.1) is 0 Å². The molecule has 0 radical (unpaired) electrons. The van der Waals surface area contributed by atoms with E-state index in [1.165, 1.54) is 22.2 Å². The van der Waals surface area contributed by atoms with Gasteiger partial charge in [-0.05, 0) is 32.0 Å². The fourth-order valence-corrected chi connectivity index (χ4v) is 3.87. The normalized spacial score (nSPS) is 17.1. The number of carbonyl (C=O) groups is 1. The van der Waals surface area contributed by atoms with Crippen molar-refractivity contribution in [2.24, 2.45) is 0 Å². The van der Waals surface area contributed by atoms with Crippen LogP contribution in [0, 0.1) is 6.92 Å². The highest BCUT2D eigenvalue weighted by molar-refractivity contribution is 6.04. The third-order valence-corrected chi connectivity index (χ3v) is 4.89. The monoisotopic (exact) mass is 304 g/mol. The third kappa shape index (κ3) is 2.07. The first-order valence-corrected chi connectivity index (χ1v) is 8.17. The molecule has 3 heteroatoms. The zero-order valence-electron chi connectivity index (χ0n) is 13.5. The molecule has 2 heterocycles. The summed E-state index contributed by atoms with van der Waals surface area (Å²) in [6.07, 6.45) is 0.509. The summed E-state index contributed by atoms with van der Waals surface area (Å²) in [6.45, 7) is 5.26. The number of aromatic nitrogens is 1. The van der Waals surface area contributed by atoms with E-state index >= 15 is 0 Å². The number of fused-ring (bicyclic) bond motifs is 2. The van der Waals surface area contributed by atoms with E-state index in [1.54, 1.807) is 0 Å². The number of anilines is 1. The average molecular weight is 304 g/mol. The van der Waals surface area contributed by atoms with Crippen molar-refractivity contribution in [2.45, 2.75) is 32.9 Å². The van der Waals surface area contributed by atoms with Crippen molar-refractivity contribution in [3.05, 3.63) is 65.4 Å². The molecule has 0 saturated carbocycles. The lowest BCUT2D eigenvalue weighted by Gasteiger charge is -2.27. The summed E-state index contributed by atoms with van der Waals surface area (Å²) in [5.41, 5.74) is 5.50. The van der Waals surface area contributed by atoms with Crippen LogP contribution in [0.5, 0.6) is 0 Å². The van der Waals surface area contributed by atoms with Crippen molar-refractivity contribution in [3.63, 3.8) is 0 Å². The Morgan fingerprint density at radius 3 is 2.70 bits per heavy atom. The Bertz CT molecular complexity index is 907. The quantitative estimate of drug-likeness (QED) is 0.744. The zero-order chi connectivity index (χ0) is 16.0. The molecule has 0 saturated heterocycles. The molecule has 116 valence electrons. The number of nitrogens with one attached hydrogen (secondary N) is 1. The molecular weight excluding hydrogens is 284 g/mol. The van der Waals surface area contributed by atoms with Crippen LogP contribution in [0.3, 0.4) is 0 Å². The lowest BCUT2D eigenvalue weighted by Crippen LogP contribution is -2.23. The van der Waals surface area contributed by atoms with Gasteiger partial charge in [0, 0.05) is 46.4 Å². The number of rotatable bonds is 2. The van der Waals surface area contributed by atoms with Gasteiger partial charge in [-0.2, -0.15) is 0 Å². The number of aryl methyl sites for hydroxylation is 1. The van der Waals surface area contributed by atoms with Crippen LogP contribution in [0.1, 0.15) is 41.0 Å². The molecule has 1 aliphatic heterocycles. The van der Waals surface area contributed by atoms with Crippen LogP contribution < -0.4 is 5.32 Å². The highest BCUT2D eigenvalue weighted by Crippen LogP contribution is 2.38. The van der Waals surface area contributed by atoms with Gasteiger partial charge >= 0.3 is 0 Å². The Labute approximate surface area is 135 Å². The molecule has 1 aromatic heterocycles. The lowest BCUT2D eigenvalue weighted by molar-refractivity contribution is 0.0972. The van der Waals surface area contributed by atoms with Crippen molar-refractivity contribution < 1.29 is 4.79 Å². The van der Waals surface area contributed by atoms with Crippen molar-refractivity contribution in [2.75, 3.05) is 5.32 Å². The SMILES string of the molecule is CCn1c(C)c(C2CC(=O)c3ccccc3N2)c2ccccc21. The minimum Gasteiger partial charge on any atom is -0.377 e. The standard InChI is InChI=1S/C20H20N2O/c1-3-22-13(2)20(15-9-5-7-11-18(15)22)17-12-19(23)14-8-4-6-10-16(14)21-17/h4-11,17,21H,3,12H2,1-2H3. The molecule has 1 atom stereocenters. The summed E-state index contributed by atoms with van der Waals surface area (Å²) < 4.78 is 2.33. The minimum atomic E-state index is 0.0371. The molecule has 3 aromatic rings. The molecule has 0 aliphatic carbocycles. The molecule has 0 bridgehead atoms. The van der Waals surface area contributed by atoms with Gasteiger partial charge in [0.15, 0.2) is 5.78 Å². The van der Waals surface area contributed by atoms with Gasteiger partial charge in [0.25, 0.3) is 0 Å². The maximum atomic E-state index is 12.5. The van der Waals surface area contributed by atoms with E-state index in [-0.39, 0.29) is 11.8 Å². The van der Waals surface area contributed by atoms with Crippen LogP contribution >= 0.6 is 0 Å². The smallest absolute Gasteiger partial charge is 0.167 e. The molecule has 2 aromatic carbocycles. The van der Waals surface area contributed by atoms with Gasteiger partial charge in [0.05, 0.1) is 6.04 Å². The molecule has 1 aliphatic rings. The highest BCUT2D eigenvalue weighted by Gasteiger charge is 2.29. The molecule has 1 N–H and O–H groups in total. The van der Waals surface area contributed by atoms with Crippen LogP contribution in [0.25, 0.3) is 10.9 Å². The summed E-state index contributed by atoms with van der Waals surface area (Å²) in [6, 6.07) is 16.3.